The average Bonchev–Trinajstić information content (AvgIpc) is 2.94. The van der Waals surface area contributed by atoms with Crippen molar-refractivity contribution in [1.82, 2.24) is 15.3 Å². The molecule has 5 heteroatoms. The lowest BCUT2D eigenvalue weighted by atomic mass is 10.1. The van der Waals surface area contributed by atoms with Crippen LogP contribution in [0.15, 0.2) is 48.8 Å². The van der Waals surface area contributed by atoms with E-state index in [1.807, 2.05) is 19.1 Å². The summed E-state index contributed by atoms with van der Waals surface area (Å²) in [7, 11) is 0. The number of carbonyl (C=O) groups excluding carboxylic acids is 1. The minimum atomic E-state index is -0.343. The topological polar surface area (TPSA) is 57.8 Å². The van der Waals surface area contributed by atoms with E-state index in [-0.39, 0.29) is 17.8 Å². The van der Waals surface area contributed by atoms with Crippen LogP contribution in [0, 0.1) is 5.82 Å². The monoisotopic (exact) mass is 283 g/mol. The Kier molecular flexibility index (Phi) is 3.39. The van der Waals surface area contributed by atoms with Gasteiger partial charge in [0.15, 0.2) is 0 Å². The van der Waals surface area contributed by atoms with Crippen molar-refractivity contribution in [3.8, 4) is 0 Å². The third-order valence-electron chi connectivity index (χ3n) is 3.41. The minimum absolute atomic E-state index is 0.156. The predicted molar refractivity (Wildman–Crippen MR) is 78.4 cm³/mol. The fourth-order valence-corrected chi connectivity index (χ4v) is 2.25. The van der Waals surface area contributed by atoms with Gasteiger partial charge in [-0.1, -0.05) is 6.07 Å². The molecular weight excluding hydrogens is 269 g/mol. The van der Waals surface area contributed by atoms with E-state index in [1.165, 1.54) is 12.1 Å². The summed E-state index contributed by atoms with van der Waals surface area (Å²) in [6, 6.07) is 9.77. The molecule has 3 rings (SSSR count). The first-order chi connectivity index (χ1) is 10.1. The molecule has 0 spiro atoms. The fraction of sp³-hybridized carbons (Fsp3) is 0.125. The molecule has 1 unspecified atom stereocenters. The van der Waals surface area contributed by atoms with E-state index in [0.717, 1.165) is 5.56 Å². The molecule has 0 aliphatic carbocycles. The smallest absolute Gasteiger partial charge is 0.268 e. The number of pyridine rings is 1. The maximum atomic E-state index is 13.6. The van der Waals surface area contributed by atoms with Gasteiger partial charge < -0.3 is 10.3 Å². The molecule has 106 valence electrons. The van der Waals surface area contributed by atoms with Gasteiger partial charge in [0, 0.05) is 23.3 Å². The number of nitrogens with one attached hydrogen (secondary N) is 2. The molecule has 21 heavy (non-hydrogen) atoms. The van der Waals surface area contributed by atoms with Crippen molar-refractivity contribution in [3.05, 3.63) is 65.9 Å². The van der Waals surface area contributed by atoms with Gasteiger partial charge in [-0.15, -0.1) is 0 Å². The van der Waals surface area contributed by atoms with Crippen molar-refractivity contribution < 1.29 is 9.18 Å². The van der Waals surface area contributed by atoms with Gasteiger partial charge in [-0.05, 0) is 42.8 Å². The lowest BCUT2D eigenvalue weighted by Crippen LogP contribution is -2.26. The summed E-state index contributed by atoms with van der Waals surface area (Å²) in [6.45, 7) is 1.89. The Morgan fingerprint density at radius 3 is 2.76 bits per heavy atom. The van der Waals surface area contributed by atoms with Crippen LogP contribution in [0.4, 0.5) is 4.39 Å². The third kappa shape index (κ3) is 2.63. The maximum Gasteiger partial charge on any atom is 0.268 e. The number of carbonyl (C=O) groups is 1. The second kappa shape index (κ2) is 5.36. The van der Waals surface area contributed by atoms with Crippen LogP contribution < -0.4 is 5.32 Å². The number of fused-ring (bicyclic) bond motifs is 1. The molecule has 1 aromatic carbocycles. The van der Waals surface area contributed by atoms with E-state index in [0.29, 0.717) is 16.6 Å². The van der Waals surface area contributed by atoms with Crippen LogP contribution in [0.2, 0.25) is 0 Å². The van der Waals surface area contributed by atoms with Gasteiger partial charge in [0.1, 0.15) is 11.5 Å². The van der Waals surface area contributed by atoms with Crippen molar-refractivity contribution in [2.24, 2.45) is 0 Å². The zero-order chi connectivity index (χ0) is 14.8. The highest BCUT2D eigenvalue weighted by Crippen LogP contribution is 2.19. The number of halogens is 1. The van der Waals surface area contributed by atoms with Gasteiger partial charge in [0.05, 0.1) is 6.04 Å². The molecule has 0 aliphatic rings. The van der Waals surface area contributed by atoms with Crippen LogP contribution in [-0.4, -0.2) is 15.9 Å². The zero-order valence-corrected chi connectivity index (χ0v) is 11.4. The number of H-pyrrole nitrogens is 1. The number of aromatic amines is 1. The number of nitrogens with zero attached hydrogens (tertiary/aromatic N) is 1. The average molecular weight is 283 g/mol. The standard InChI is InChI=1S/C16H14FN3O/c1-10(11-5-7-18-8-6-11)19-16(21)15-9-12-13(17)3-2-4-14(12)20-15/h2-10,20H,1H3,(H,19,21). The van der Waals surface area contributed by atoms with Crippen LogP contribution in [-0.2, 0) is 0 Å². The largest absolute Gasteiger partial charge is 0.350 e. The van der Waals surface area contributed by atoms with Gasteiger partial charge in [-0.25, -0.2) is 4.39 Å². The van der Waals surface area contributed by atoms with Crippen molar-refractivity contribution in [1.29, 1.82) is 0 Å². The molecule has 1 atom stereocenters. The van der Waals surface area contributed by atoms with E-state index >= 15 is 0 Å². The highest BCUT2D eigenvalue weighted by molar-refractivity contribution is 5.98. The molecular formula is C16H14FN3O. The SMILES string of the molecule is CC(NC(=O)c1cc2c(F)cccc2[nH]1)c1ccncc1. The minimum Gasteiger partial charge on any atom is -0.350 e. The Bertz CT molecular complexity index is 783. The summed E-state index contributed by atoms with van der Waals surface area (Å²) in [4.78, 5) is 19.1. The molecule has 2 N–H and O–H groups in total. The summed E-state index contributed by atoms with van der Waals surface area (Å²) < 4.78 is 13.6. The molecule has 0 saturated carbocycles. The lowest BCUT2D eigenvalue weighted by molar-refractivity contribution is 0.0935. The number of hydrogen-bond donors (Lipinski definition) is 2. The summed E-state index contributed by atoms with van der Waals surface area (Å²) in [5.41, 5.74) is 1.91. The first-order valence-corrected chi connectivity index (χ1v) is 6.63. The molecule has 2 heterocycles. The van der Waals surface area contributed by atoms with Crippen LogP contribution in [0.25, 0.3) is 10.9 Å². The number of benzene rings is 1. The van der Waals surface area contributed by atoms with Crippen LogP contribution in [0.3, 0.4) is 0 Å². The third-order valence-corrected chi connectivity index (χ3v) is 3.41. The van der Waals surface area contributed by atoms with Crippen LogP contribution in [0.5, 0.6) is 0 Å². The highest BCUT2D eigenvalue weighted by atomic mass is 19.1. The molecule has 0 bridgehead atoms. The van der Waals surface area contributed by atoms with Crippen molar-refractivity contribution >= 4 is 16.8 Å². The predicted octanol–water partition coefficient (Wildman–Crippen LogP) is 3.19. The van der Waals surface area contributed by atoms with E-state index < -0.39 is 0 Å². The molecule has 2 aromatic heterocycles. The van der Waals surface area contributed by atoms with E-state index in [1.54, 1.807) is 24.5 Å². The molecule has 1 amide bonds. The molecule has 3 aromatic rings. The van der Waals surface area contributed by atoms with Crippen LogP contribution >= 0.6 is 0 Å². The second-order valence-corrected chi connectivity index (χ2v) is 4.86. The number of aromatic nitrogens is 2. The summed E-state index contributed by atoms with van der Waals surface area (Å²) >= 11 is 0. The quantitative estimate of drug-likeness (QED) is 0.775. The molecule has 0 aliphatic heterocycles. The second-order valence-electron chi connectivity index (χ2n) is 4.86. The Hall–Kier alpha value is -2.69. The van der Waals surface area contributed by atoms with Gasteiger partial charge in [-0.3, -0.25) is 9.78 Å². The molecule has 0 fully saturated rings. The number of amides is 1. The summed E-state index contributed by atoms with van der Waals surface area (Å²) in [5.74, 6) is -0.611. The van der Waals surface area contributed by atoms with Gasteiger partial charge in [0.25, 0.3) is 5.91 Å². The van der Waals surface area contributed by atoms with E-state index in [9.17, 15) is 9.18 Å². The first-order valence-electron chi connectivity index (χ1n) is 6.63. The number of rotatable bonds is 3. The Morgan fingerprint density at radius 1 is 1.29 bits per heavy atom. The van der Waals surface area contributed by atoms with Crippen molar-refractivity contribution in [3.63, 3.8) is 0 Å². The maximum absolute atomic E-state index is 13.6. The molecule has 0 radical (unpaired) electrons. The number of hydrogen-bond acceptors (Lipinski definition) is 2. The summed E-state index contributed by atoms with van der Waals surface area (Å²) in [6.07, 6.45) is 3.35. The molecule has 0 saturated heterocycles. The van der Waals surface area contributed by atoms with Gasteiger partial charge in [0.2, 0.25) is 0 Å². The zero-order valence-electron chi connectivity index (χ0n) is 11.4. The molecule has 4 nitrogen and oxygen atoms in total. The summed E-state index contributed by atoms with van der Waals surface area (Å²) in [5, 5.41) is 3.29. The van der Waals surface area contributed by atoms with Gasteiger partial charge in [-0.2, -0.15) is 0 Å². The van der Waals surface area contributed by atoms with E-state index in [4.69, 9.17) is 0 Å². The fourth-order valence-electron chi connectivity index (χ4n) is 2.25. The Morgan fingerprint density at radius 2 is 2.05 bits per heavy atom. The van der Waals surface area contributed by atoms with E-state index in [2.05, 4.69) is 15.3 Å². The van der Waals surface area contributed by atoms with Crippen molar-refractivity contribution in [2.75, 3.05) is 0 Å². The van der Waals surface area contributed by atoms with Crippen LogP contribution in [0.1, 0.15) is 29.0 Å². The first kappa shape index (κ1) is 13.3. The van der Waals surface area contributed by atoms with Gasteiger partial charge >= 0.3 is 0 Å². The van der Waals surface area contributed by atoms with Crippen molar-refractivity contribution in [2.45, 2.75) is 13.0 Å². The lowest BCUT2D eigenvalue weighted by Gasteiger charge is -2.13. The Labute approximate surface area is 121 Å². The Balaban J connectivity index is 1.82. The highest BCUT2D eigenvalue weighted by Gasteiger charge is 2.14. The normalized spacial score (nSPS) is 12.3.